The second kappa shape index (κ2) is 6.42. The zero-order valence-electron chi connectivity index (χ0n) is 9.56. The molecule has 17 heavy (non-hydrogen) atoms. The number of phenolic OH excluding ortho intramolecular Hbond substituents is 2. The molecule has 2 rings (SSSR count). The monoisotopic (exact) mass is 271 g/mol. The van der Waals surface area contributed by atoms with Gasteiger partial charge in [-0.25, -0.2) is 0 Å². The minimum Gasteiger partial charge on any atom is -0.508 e. The number of rotatable bonds is 4. The Morgan fingerprint density at radius 2 is 2.18 bits per heavy atom. The molecule has 1 aliphatic heterocycles. The summed E-state index contributed by atoms with van der Waals surface area (Å²) in [7, 11) is 0. The van der Waals surface area contributed by atoms with Gasteiger partial charge in [0.1, 0.15) is 11.5 Å². The SMILES string of the molecule is Oc1ccc(CNCC2CSCCS2)c(O)c1. The zero-order chi connectivity index (χ0) is 12.1. The predicted molar refractivity (Wildman–Crippen MR) is 75.0 cm³/mol. The van der Waals surface area contributed by atoms with Crippen molar-refractivity contribution < 1.29 is 10.2 Å². The summed E-state index contributed by atoms with van der Waals surface area (Å²) < 4.78 is 0. The Hall–Kier alpha value is -0.520. The van der Waals surface area contributed by atoms with E-state index in [-0.39, 0.29) is 11.5 Å². The van der Waals surface area contributed by atoms with Crippen molar-refractivity contribution in [3.8, 4) is 11.5 Å². The molecule has 0 aromatic heterocycles. The van der Waals surface area contributed by atoms with Crippen LogP contribution in [0.2, 0.25) is 0 Å². The third-order valence-corrected chi connectivity index (χ3v) is 5.49. The summed E-state index contributed by atoms with van der Waals surface area (Å²) in [6, 6.07) is 4.73. The molecule has 3 nitrogen and oxygen atoms in total. The highest BCUT2D eigenvalue weighted by Crippen LogP contribution is 2.24. The van der Waals surface area contributed by atoms with Crippen molar-refractivity contribution in [2.45, 2.75) is 11.8 Å². The Kier molecular flexibility index (Phi) is 4.88. The maximum atomic E-state index is 9.62. The van der Waals surface area contributed by atoms with E-state index in [2.05, 4.69) is 5.32 Å². The van der Waals surface area contributed by atoms with E-state index in [1.54, 1.807) is 12.1 Å². The topological polar surface area (TPSA) is 52.5 Å². The average Bonchev–Trinajstić information content (AvgIpc) is 2.33. The van der Waals surface area contributed by atoms with Crippen LogP contribution in [0.3, 0.4) is 0 Å². The van der Waals surface area contributed by atoms with Gasteiger partial charge in [0.15, 0.2) is 0 Å². The quantitative estimate of drug-likeness (QED) is 0.782. The molecule has 0 spiro atoms. The van der Waals surface area contributed by atoms with Crippen LogP contribution in [-0.4, -0.2) is 39.3 Å². The Morgan fingerprint density at radius 3 is 2.88 bits per heavy atom. The van der Waals surface area contributed by atoms with E-state index in [1.165, 1.54) is 23.3 Å². The van der Waals surface area contributed by atoms with Crippen molar-refractivity contribution in [2.75, 3.05) is 23.8 Å². The van der Waals surface area contributed by atoms with E-state index in [1.807, 2.05) is 23.5 Å². The molecule has 0 amide bonds. The van der Waals surface area contributed by atoms with E-state index >= 15 is 0 Å². The standard InChI is InChI=1S/C12H17NO2S2/c14-10-2-1-9(12(15)5-10)6-13-7-11-8-16-3-4-17-11/h1-2,5,11,13-15H,3-4,6-8H2. The smallest absolute Gasteiger partial charge is 0.123 e. The van der Waals surface area contributed by atoms with Gasteiger partial charge in [0.25, 0.3) is 0 Å². The molecular weight excluding hydrogens is 254 g/mol. The average molecular weight is 271 g/mol. The van der Waals surface area contributed by atoms with Crippen molar-refractivity contribution in [3.63, 3.8) is 0 Å². The van der Waals surface area contributed by atoms with Gasteiger partial charge in [0.2, 0.25) is 0 Å². The van der Waals surface area contributed by atoms with E-state index in [9.17, 15) is 10.2 Å². The summed E-state index contributed by atoms with van der Waals surface area (Å²) in [5.74, 6) is 3.97. The molecule has 1 atom stereocenters. The Morgan fingerprint density at radius 1 is 1.29 bits per heavy atom. The molecular formula is C12H17NO2S2. The molecule has 1 aliphatic rings. The molecule has 0 bridgehead atoms. The minimum absolute atomic E-state index is 0.102. The Labute approximate surface area is 110 Å². The van der Waals surface area contributed by atoms with Gasteiger partial charge >= 0.3 is 0 Å². The van der Waals surface area contributed by atoms with Gasteiger partial charge in [-0.1, -0.05) is 6.07 Å². The Balaban J connectivity index is 1.77. The lowest BCUT2D eigenvalue weighted by molar-refractivity contribution is 0.444. The molecule has 1 fully saturated rings. The van der Waals surface area contributed by atoms with Crippen LogP contribution in [0.4, 0.5) is 0 Å². The van der Waals surface area contributed by atoms with Crippen LogP contribution in [0.25, 0.3) is 0 Å². The summed E-state index contributed by atoms with van der Waals surface area (Å²) >= 11 is 4.03. The second-order valence-corrected chi connectivity index (χ2v) is 6.57. The van der Waals surface area contributed by atoms with Crippen molar-refractivity contribution in [3.05, 3.63) is 23.8 Å². The number of nitrogens with one attached hydrogen (secondary N) is 1. The first-order valence-electron chi connectivity index (χ1n) is 5.66. The van der Waals surface area contributed by atoms with E-state index < -0.39 is 0 Å². The molecule has 0 radical (unpaired) electrons. The molecule has 3 N–H and O–H groups in total. The van der Waals surface area contributed by atoms with Gasteiger partial charge in [-0.15, -0.1) is 0 Å². The fraction of sp³-hybridized carbons (Fsp3) is 0.500. The van der Waals surface area contributed by atoms with Crippen LogP contribution in [0.15, 0.2) is 18.2 Å². The fourth-order valence-corrected chi connectivity index (χ4v) is 4.37. The maximum absolute atomic E-state index is 9.62. The number of hydrogen-bond donors (Lipinski definition) is 3. The number of aromatic hydroxyl groups is 2. The molecule has 0 saturated carbocycles. The van der Waals surface area contributed by atoms with Crippen molar-refractivity contribution in [1.29, 1.82) is 0 Å². The minimum atomic E-state index is 0.102. The molecule has 0 aliphatic carbocycles. The van der Waals surface area contributed by atoms with E-state index in [0.717, 1.165) is 12.1 Å². The molecule has 1 aromatic carbocycles. The molecule has 94 valence electrons. The molecule has 1 saturated heterocycles. The third-order valence-electron chi connectivity index (χ3n) is 2.64. The molecule has 1 aromatic rings. The first-order valence-corrected chi connectivity index (χ1v) is 7.87. The van der Waals surface area contributed by atoms with Gasteiger partial charge in [0, 0.05) is 47.2 Å². The van der Waals surface area contributed by atoms with Gasteiger partial charge in [-0.3, -0.25) is 0 Å². The fourth-order valence-electron chi connectivity index (χ4n) is 1.72. The third kappa shape index (κ3) is 4.01. The summed E-state index contributed by atoms with van der Waals surface area (Å²) in [5, 5.41) is 22.8. The first-order chi connectivity index (χ1) is 8.25. The van der Waals surface area contributed by atoms with Crippen molar-refractivity contribution >= 4 is 23.5 Å². The van der Waals surface area contributed by atoms with E-state index in [0.29, 0.717) is 11.8 Å². The number of thioether (sulfide) groups is 2. The maximum Gasteiger partial charge on any atom is 0.123 e. The second-order valence-electron chi connectivity index (χ2n) is 4.01. The molecule has 1 heterocycles. The lowest BCUT2D eigenvalue weighted by Crippen LogP contribution is -2.28. The lowest BCUT2D eigenvalue weighted by atomic mass is 10.2. The van der Waals surface area contributed by atoms with Crippen LogP contribution >= 0.6 is 23.5 Å². The van der Waals surface area contributed by atoms with Crippen LogP contribution in [0.1, 0.15) is 5.56 Å². The summed E-state index contributed by atoms with van der Waals surface area (Å²) in [6.45, 7) is 1.62. The largest absolute Gasteiger partial charge is 0.508 e. The van der Waals surface area contributed by atoms with Crippen LogP contribution in [-0.2, 0) is 6.54 Å². The highest BCUT2D eigenvalue weighted by molar-refractivity contribution is 8.06. The lowest BCUT2D eigenvalue weighted by Gasteiger charge is -2.21. The first kappa shape index (κ1) is 12.9. The van der Waals surface area contributed by atoms with Crippen LogP contribution < -0.4 is 5.32 Å². The summed E-state index contributed by atoms with van der Waals surface area (Å²) in [5.41, 5.74) is 0.830. The predicted octanol–water partition coefficient (Wildman–Crippen LogP) is 2.04. The number of phenols is 2. The summed E-state index contributed by atoms with van der Waals surface area (Å²) in [4.78, 5) is 0. The highest BCUT2D eigenvalue weighted by atomic mass is 32.2. The van der Waals surface area contributed by atoms with Crippen LogP contribution in [0, 0.1) is 0 Å². The highest BCUT2D eigenvalue weighted by Gasteiger charge is 2.13. The zero-order valence-corrected chi connectivity index (χ0v) is 11.2. The Bertz CT molecular complexity index is 368. The number of hydrogen-bond acceptors (Lipinski definition) is 5. The molecule has 1 unspecified atom stereocenters. The number of benzene rings is 1. The van der Waals surface area contributed by atoms with Crippen molar-refractivity contribution in [1.82, 2.24) is 5.32 Å². The van der Waals surface area contributed by atoms with Crippen LogP contribution in [0.5, 0.6) is 11.5 Å². The normalized spacial score (nSPS) is 20.4. The van der Waals surface area contributed by atoms with Gasteiger partial charge < -0.3 is 15.5 Å². The van der Waals surface area contributed by atoms with Gasteiger partial charge in [-0.2, -0.15) is 23.5 Å². The van der Waals surface area contributed by atoms with Gasteiger partial charge in [0.05, 0.1) is 0 Å². The summed E-state index contributed by atoms with van der Waals surface area (Å²) in [6.07, 6.45) is 0. The van der Waals surface area contributed by atoms with Gasteiger partial charge in [-0.05, 0) is 6.07 Å². The molecule has 5 heteroatoms. The van der Waals surface area contributed by atoms with E-state index in [4.69, 9.17) is 0 Å². The van der Waals surface area contributed by atoms with Crippen molar-refractivity contribution in [2.24, 2.45) is 0 Å².